The summed E-state index contributed by atoms with van der Waals surface area (Å²) in [5.41, 5.74) is 1.01. The second kappa shape index (κ2) is 7.00. The van der Waals surface area contributed by atoms with E-state index in [2.05, 4.69) is 21.7 Å². The number of amides is 1. The number of thiazole rings is 1. The molecule has 114 valence electrons. The van der Waals surface area contributed by atoms with Gasteiger partial charge in [-0.15, -0.1) is 22.7 Å². The van der Waals surface area contributed by atoms with Crippen LogP contribution in [0.4, 0.5) is 0 Å². The van der Waals surface area contributed by atoms with Crippen LogP contribution < -0.4 is 10.6 Å². The Labute approximate surface area is 137 Å². The molecule has 0 aliphatic rings. The molecule has 0 saturated carbocycles. The summed E-state index contributed by atoms with van der Waals surface area (Å²) in [5, 5.41) is 6.98. The molecule has 0 radical (unpaired) electrons. The largest absolute Gasteiger partial charge is 0.351 e. The molecular weight excluding hydrogens is 314 g/mol. The van der Waals surface area contributed by atoms with E-state index in [-0.39, 0.29) is 5.91 Å². The molecule has 0 unspecified atom stereocenters. The molecule has 2 heterocycles. The standard InChI is InChI=1S/C16H17N3OS2/c1-17-9-4-10-18-15(20)13-7-8-14(21-13)16-19-11-5-2-3-6-12(11)22-16/h2-3,5-8,17H,4,9-10H2,1H3,(H,18,20). The molecule has 6 heteroatoms. The number of carbonyl (C=O) groups excluding carboxylic acids is 1. The van der Waals surface area contributed by atoms with E-state index < -0.39 is 0 Å². The lowest BCUT2D eigenvalue weighted by molar-refractivity contribution is 0.0957. The summed E-state index contributed by atoms with van der Waals surface area (Å²) >= 11 is 3.15. The number of para-hydroxylation sites is 1. The van der Waals surface area contributed by atoms with Gasteiger partial charge in [-0.1, -0.05) is 12.1 Å². The predicted octanol–water partition coefficient (Wildman–Crippen LogP) is 3.36. The number of nitrogens with zero attached hydrogens (tertiary/aromatic N) is 1. The van der Waals surface area contributed by atoms with Crippen LogP contribution in [0.1, 0.15) is 16.1 Å². The van der Waals surface area contributed by atoms with Gasteiger partial charge in [0.15, 0.2) is 0 Å². The van der Waals surface area contributed by atoms with Gasteiger partial charge in [0.2, 0.25) is 0 Å². The van der Waals surface area contributed by atoms with E-state index in [1.807, 2.05) is 37.4 Å². The number of fused-ring (bicyclic) bond motifs is 1. The van der Waals surface area contributed by atoms with Gasteiger partial charge in [0.1, 0.15) is 5.01 Å². The van der Waals surface area contributed by atoms with Crippen molar-refractivity contribution in [2.24, 2.45) is 0 Å². The third-order valence-electron chi connectivity index (χ3n) is 3.22. The van der Waals surface area contributed by atoms with E-state index in [0.717, 1.165) is 33.2 Å². The molecule has 0 fully saturated rings. The lowest BCUT2D eigenvalue weighted by Gasteiger charge is -2.02. The Kier molecular flexibility index (Phi) is 4.82. The Morgan fingerprint density at radius 3 is 2.82 bits per heavy atom. The topological polar surface area (TPSA) is 54.0 Å². The van der Waals surface area contributed by atoms with Gasteiger partial charge in [0.05, 0.1) is 20.0 Å². The summed E-state index contributed by atoms with van der Waals surface area (Å²) in [6.45, 7) is 1.59. The van der Waals surface area contributed by atoms with Crippen LogP contribution in [0.25, 0.3) is 20.1 Å². The van der Waals surface area contributed by atoms with Gasteiger partial charge in [-0.3, -0.25) is 4.79 Å². The fourth-order valence-electron chi connectivity index (χ4n) is 2.11. The van der Waals surface area contributed by atoms with Crippen molar-refractivity contribution in [1.29, 1.82) is 0 Å². The zero-order valence-electron chi connectivity index (χ0n) is 12.3. The van der Waals surface area contributed by atoms with Crippen LogP contribution in [-0.4, -0.2) is 31.0 Å². The van der Waals surface area contributed by atoms with E-state index in [1.54, 1.807) is 11.3 Å². The Morgan fingerprint density at radius 2 is 2.00 bits per heavy atom. The van der Waals surface area contributed by atoms with Gasteiger partial charge in [-0.2, -0.15) is 0 Å². The van der Waals surface area contributed by atoms with Gasteiger partial charge in [0, 0.05) is 6.54 Å². The van der Waals surface area contributed by atoms with Gasteiger partial charge >= 0.3 is 0 Å². The van der Waals surface area contributed by atoms with E-state index >= 15 is 0 Å². The molecule has 1 aromatic carbocycles. The highest BCUT2D eigenvalue weighted by atomic mass is 32.1. The average Bonchev–Trinajstić information content (AvgIpc) is 3.17. The number of benzene rings is 1. The normalized spacial score (nSPS) is 11.0. The van der Waals surface area contributed by atoms with Crippen molar-refractivity contribution < 1.29 is 4.79 Å². The smallest absolute Gasteiger partial charge is 0.261 e. The zero-order valence-corrected chi connectivity index (χ0v) is 13.9. The maximum absolute atomic E-state index is 12.1. The van der Waals surface area contributed by atoms with Crippen LogP contribution in [0.15, 0.2) is 36.4 Å². The van der Waals surface area contributed by atoms with Crippen LogP contribution in [0.2, 0.25) is 0 Å². The molecule has 22 heavy (non-hydrogen) atoms. The first-order valence-electron chi connectivity index (χ1n) is 7.16. The minimum absolute atomic E-state index is 0.00605. The summed E-state index contributed by atoms with van der Waals surface area (Å²) in [4.78, 5) is 18.5. The van der Waals surface area contributed by atoms with Crippen molar-refractivity contribution >= 4 is 38.8 Å². The van der Waals surface area contributed by atoms with Crippen molar-refractivity contribution in [3.8, 4) is 9.88 Å². The second-order valence-corrected chi connectivity index (χ2v) is 6.98. The SMILES string of the molecule is CNCCCNC(=O)c1ccc(-c2nc3ccccc3s2)s1. The molecule has 0 atom stereocenters. The van der Waals surface area contributed by atoms with Crippen LogP contribution in [0.5, 0.6) is 0 Å². The molecule has 3 rings (SSSR count). The summed E-state index contributed by atoms with van der Waals surface area (Å²) in [6.07, 6.45) is 0.929. The lowest BCUT2D eigenvalue weighted by atomic mass is 10.3. The summed E-state index contributed by atoms with van der Waals surface area (Å²) in [6, 6.07) is 11.9. The predicted molar refractivity (Wildman–Crippen MR) is 93.8 cm³/mol. The number of hydrogen-bond acceptors (Lipinski definition) is 5. The van der Waals surface area contributed by atoms with Crippen molar-refractivity contribution in [3.05, 3.63) is 41.3 Å². The van der Waals surface area contributed by atoms with Crippen LogP contribution in [0, 0.1) is 0 Å². The Hall–Kier alpha value is -1.76. The second-order valence-electron chi connectivity index (χ2n) is 4.86. The molecule has 0 aliphatic heterocycles. The number of thiophene rings is 1. The van der Waals surface area contributed by atoms with E-state index in [1.165, 1.54) is 16.0 Å². The number of rotatable bonds is 6. The molecule has 0 spiro atoms. The van der Waals surface area contributed by atoms with E-state index in [0.29, 0.717) is 6.54 Å². The fraction of sp³-hybridized carbons (Fsp3) is 0.250. The number of nitrogens with one attached hydrogen (secondary N) is 2. The van der Waals surface area contributed by atoms with Crippen LogP contribution in [0.3, 0.4) is 0 Å². The molecule has 3 aromatic rings. The Bertz CT molecular complexity index is 745. The molecular formula is C16H17N3OS2. The first-order chi connectivity index (χ1) is 10.8. The maximum atomic E-state index is 12.1. The van der Waals surface area contributed by atoms with Crippen LogP contribution in [-0.2, 0) is 0 Å². The van der Waals surface area contributed by atoms with Gasteiger partial charge in [-0.25, -0.2) is 4.98 Å². The maximum Gasteiger partial charge on any atom is 0.261 e. The van der Waals surface area contributed by atoms with E-state index in [4.69, 9.17) is 0 Å². The third-order valence-corrected chi connectivity index (χ3v) is 5.51. The molecule has 0 aliphatic carbocycles. The van der Waals surface area contributed by atoms with E-state index in [9.17, 15) is 4.79 Å². The highest BCUT2D eigenvalue weighted by Crippen LogP contribution is 2.34. The molecule has 0 bridgehead atoms. The molecule has 2 N–H and O–H groups in total. The quantitative estimate of drug-likeness (QED) is 0.681. The van der Waals surface area contributed by atoms with Gasteiger partial charge in [0.25, 0.3) is 5.91 Å². The molecule has 4 nitrogen and oxygen atoms in total. The monoisotopic (exact) mass is 331 g/mol. The third kappa shape index (κ3) is 3.35. The number of aromatic nitrogens is 1. The molecule has 2 aromatic heterocycles. The van der Waals surface area contributed by atoms with Gasteiger partial charge < -0.3 is 10.6 Å². The molecule has 1 amide bonds. The highest BCUT2D eigenvalue weighted by Gasteiger charge is 2.12. The Balaban J connectivity index is 1.71. The minimum atomic E-state index is -0.00605. The van der Waals surface area contributed by atoms with Gasteiger partial charge in [-0.05, 0) is 44.3 Å². The first-order valence-corrected chi connectivity index (χ1v) is 8.80. The van der Waals surface area contributed by atoms with Crippen molar-refractivity contribution in [1.82, 2.24) is 15.6 Å². The summed E-state index contributed by atoms with van der Waals surface area (Å²) < 4.78 is 1.17. The van der Waals surface area contributed by atoms with Crippen LogP contribution >= 0.6 is 22.7 Å². The minimum Gasteiger partial charge on any atom is -0.351 e. The lowest BCUT2D eigenvalue weighted by Crippen LogP contribution is -2.25. The summed E-state index contributed by atoms with van der Waals surface area (Å²) in [5.74, 6) is -0.00605. The number of hydrogen-bond donors (Lipinski definition) is 2. The highest BCUT2D eigenvalue weighted by molar-refractivity contribution is 7.26. The van der Waals surface area contributed by atoms with Crippen molar-refractivity contribution in [3.63, 3.8) is 0 Å². The molecule has 0 saturated heterocycles. The first kappa shape index (κ1) is 15.1. The average molecular weight is 331 g/mol. The number of carbonyl (C=O) groups is 1. The zero-order chi connectivity index (χ0) is 15.4. The Morgan fingerprint density at radius 1 is 1.14 bits per heavy atom. The summed E-state index contributed by atoms with van der Waals surface area (Å²) in [7, 11) is 1.91. The van der Waals surface area contributed by atoms with Crippen molar-refractivity contribution in [2.75, 3.05) is 20.1 Å². The fourth-order valence-corrected chi connectivity index (χ4v) is 4.05. The van der Waals surface area contributed by atoms with Crippen molar-refractivity contribution in [2.45, 2.75) is 6.42 Å².